The largest absolute Gasteiger partial charge is 0.457 e. The molecule has 5 heteroatoms. The average Bonchev–Trinajstić information content (AvgIpc) is 2.37. The monoisotopic (exact) mass is 309 g/mol. The molecule has 0 saturated heterocycles. The molecule has 2 N–H and O–H groups in total. The van der Waals surface area contributed by atoms with Gasteiger partial charge in [-0.2, -0.15) is 0 Å². The van der Waals surface area contributed by atoms with Crippen molar-refractivity contribution < 1.29 is 9.53 Å². The molecule has 0 bridgehead atoms. The number of benzene rings is 2. The van der Waals surface area contributed by atoms with Gasteiger partial charge in [-0.15, -0.1) is 0 Å². The van der Waals surface area contributed by atoms with Crippen molar-refractivity contribution in [1.29, 1.82) is 0 Å². The molecular weight excluding hydrogens is 297 g/mol. The van der Waals surface area contributed by atoms with Crippen LogP contribution in [-0.4, -0.2) is 5.97 Å². The van der Waals surface area contributed by atoms with Crippen LogP contribution < -0.4 is 5.73 Å². The van der Waals surface area contributed by atoms with E-state index in [1.807, 2.05) is 25.1 Å². The van der Waals surface area contributed by atoms with Crippen LogP contribution >= 0.6 is 23.2 Å². The second-order valence-corrected chi connectivity index (χ2v) is 5.22. The Morgan fingerprint density at radius 3 is 2.55 bits per heavy atom. The Kier molecular flexibility index (Phi) is 4.53. The molecule has 0 atom stereocenters. The summed E-state index contributed by atoms with van der Waals surface area (Å²) in [4.78, 5) is 11.9. The highest BCUT2D eigenvalue weighted by Crippen LogP contribution is 2.22. The van der Waals surface area contributed by atoms with Crippen LogP contribution in [-0.2, 0) is 11.3 Å². The first-order valence-electron chi connectivity index (χ1n) is 5.94. The maximum absolute atomic E-state index is 11.9. The fourth-order valence-corrected chi connectivity index (χ4v) is 2.24. The number of carbonyl (C=O) groups excluding carboxylic acids is 1. The number of carbonyl (C=O) groups is 1. The Balaban J connectivity index is 2.08. The van der Waals surface area contributed by atoms with E-state index in [4.69, 9.17) is 33.7 Å². The van der Waals surface area contributed by atoms with E-state index in [-0.39, 0.29) is 17.2 Å². The van der Waals surface area contributed by atoms with Crippen LogP contribution in [0.25, 0.3) is 0 Å². The fraction of sp³-hybridized carbons (Fsp3) is 0.133. The lowest BCUT2D eigenvalue weighted by atomic mass is 10.1. The summed E-state index contributed by atoms with van der Waals surface area (Å²) in [6, 6.07) is 10.2. The SMILES string of the molecule is Cc1ccc(COC(=O)c2ccc(N)cc2Cl)c(Cl)c1. The number of esters is 1. The molecule has 3 nitrogen and oxygen atoms in total. The number of hydrogen-bond donors (Lipinski definition) is 1. The minimum Gasteiger partial charge on any atom is -0.457 e. The van der Waals surface area contributed by atoms with E-state index < -0.39 is 5.97 Å². The molecule has 0 heterocycles. The molecule has 0 aliphatic heterocycles. The van der Waals surface area contributed by atoms with Crippen molar-refractivity contribution in [3.63, 3.8) is 0 Å². The van der Waals surface area contributed by atoms with E-state index >= 15 is 0 Å². The third-order valence-electron chi connectivity index (χ3n) is 2.78. The van der Waals surface area contributed by atoms with Crippen LogP contribution in [0.4, 0.5) is 5.69 Å². The van der Waals surface area contributed by atoms with Gasteiger partial charge in [0.2, 0.25) is 0 Å². The van der Waals surface area contributed by atoms with Crippen molar-refractivity contribution in [3.05, 3.63) is 63.1 Å². The van der Waals surface area contributed by atoms with Crippen molar-refractivity contribution in [2.24, 2.45) is 0 Å². The first-order chi connectivity index (χ1) is 9.47. The van der Waals surface area contributed by atoms with Gasteiger partial charge in [-0.1, -0.05) is 35.3 Å². The normalized spacial score (nSPS) is 10.3. The van der Waals surface area contributed by atoms with Crippen LogP contribution in [0.1, 0.15) is 21.5 Å². The van der Waals surface area contributed by atoms with E-state index in [1.165, 1.54) is 12.1 Å². The van der Waals surface area contributed by atoms with Gasteiger partial charge in [0, 0.05) is 16.3 Å². The van der Waals surface area contributed by atoms with E-state index in [1.54, 1.807) is 6.07 Å². The number of ether oxygens (including phenoxy) is 1. The third kappa shape index (κ3) is 3.44. The number of rotatable bonds is 3. The summed E-state index contributed by atoms with van der Waals surface area (Å²) in [5, 5.41) is 0.839. The maximum atomic E-state index is 11.9. The van der Waals surface area contributed by atoms with Crippen LogP contribution in [0.15, 0.2) is 36.4 Å². The van der Waals surface area contributed by atoms with Crippen LogP contribution in [0, 0.1) is 6.92 Å². The smallest absolute Gasteiger partial charge is 0.339 e. The van der Waals surface area contributed by atoms with E-state index in [0.717, 1.165) is 11.1 Å². The minimum atomic E-state index is -0.508. The van der Waals surface area contributed by atoms with Crippen molar-refractivity contribution in [3.8, 4) is 0 Å². The van der Waals surface area contributed by atoms with Crippen LogP contribution in [0.2, 0.25) is 10.0 Å². The van der Waals surface area contributed by atoms with Crippen molar-refractivity contribution in [2.75, 3.05) is 5.73 Å². The molecule has 0 unspecified atom stereocenters. The molecule has 2 aromatic carbocycles. The Bertz CT molecular complexity index is 656. The van der Waals surface area contributed by atoms with Gasteiger partial charge >= 0.3 is 5.97 Å². The Hall–Kier alpha value is -1.71. The van der Waals surface area contributed by atoms with E-state index in [9.17, 15) is 4.79 Å². The number of hydrogen-bond acceptors (Lipinski definition) is 3. The lowest BCUT2D eigenvalue weighted by Crippen LogP contribution is -2.06. The Morgan fingerprint density at radius 1 is 1.15 bits per heavy atom. The Labute approximate surface area is 127 Å². The van der Waals surface area contributed by atoms with E-state index in [0.29, 0.717) is 10.7 Å². The number of nitrogens with two attached hydrogens (primary N) is 1. The van der Waals surface area contributed by atoms with Gasteiger partial charge in [-0.25, -0.2) is 4.79 Å². The highest BCUT2D eigenvalue weighted by atomic mass is 35.5. The van der Waals surface area contributed by atoms with Gasteiger partial charge in [0.05, 0.1) is 10.6 Å². The number of halogens is 2. The first kappa shape index (κ1) is 14.7. The van der Waals surface area contributed by atoms with Crippen molar-refractivity contribution in [1.82, 2.24) is 0 Å². The second-order valence-electron chi connectivity index (χ2n) is 4.41. The molecule has 0 radical (unpaired) electrons. The standard InChI is InChI=1S/C15H13Cl2NO2/c1-9-2-3-10(13(16)6-9)8-20-15(19)12-5-4-11(18)7-14(12)17/h2-7H,8,18H2,1H3. The van der Waals surface area contributed by atoms with Gasteiger partial charge in [-0.3, -0.25) is 0 Å². The molecule has 0 spiro atoms. The summed E-state index contributed by atoms with van der Waals surface area (Å²) in [5.74, 6) is -0.508. The highest BCUT2D eigenvalue weighted by molar-refractivity contribution is 6.33. The summed E-state index contributed by atoms with van der Waals surface area (Å²) in [6.07, 6.45) is 0. The van der Waals surface area contributed by atoms with E-state index in [2.05, 4.69) is 0 Å². The van der Waals surface area contributed by atoms with Gasteiger partial charge in [-0.05, 0) is 36.8 Å². The average molecular weight is 310 g/mol. The zero-order chi connectivity index (χ0) is 14.7. The molecule has 0 amide bonds. The molecule has 104 valence electrons. The Morgan fingerprint density at radius 2 is 1.90 bits per heavy atom. The number of nitrogen functional groups attached to an aromatic ring is 1. The molecule has 0 saturated carbocycles. The molecule has 2 aromatic rings. The predicted molar refractivity (Wildman–Crippen MR) is 81.2 cm³/mol. The lowest BCUT2D eigenvalue weighted by molar-refractivity contribution is 0.0473. The molecule has 20 heavy (non-hydrogen) atoms. The van der Waals surface area contributed by atoms with Crippen LogP contribution in [0.5, 0.6) is 0 Å². The molecule has 0 fully saturated rings. The van der Waals surface area contributed by atoms with Crippen LogP contribution in [0.3, 0.4) is 0 Å². The van der Waals surface area contributed by atoms with Gasteiger partial charge in [0.15, 0.2) is 0 Å². The molecule has 0 aromatic heterocycles. The van der Waals surface area contributed by atoms with Gasteiger partial charge in [0.1, 0.15) is 6.61 Å². The van der Waals surface area contributed by atoms with Gasteiger partial charge in [0.25, 0.3) is 0 Å². The number of aryl methyl sites for hydroxylation is 1. The molecule has 0 aliphatic carbocycles. The summed E-state index contributed by atoms with van der Waals surface area (Å²) >= 11 is 12.0. The lowest BCUT2D eigenvalue weighted by Gasteiger charge is -2.08. The second kappa shape index (κ2) is 6.16. The molecular formula is C15H13Cl2NO2. The topological polar surface area (TPSA) is 52.3 Å². The quantitative estimate of drug-likeness (QED) is 0.681. The fourth-order valence-electron chi connectivity index (χ4n) is 1.69. The predicted octanol–water partition coefficient (Wildman–Crippen LogP) is 4.24. The number of anilines is 1. The zero-order valence-electron chi connectivity index (χ0n) is 10.8. The van der Waals surface area contributed by atoms with Crippen molar-refractivity contribution in [2.45, 2.75) is 13.5 Å². The summed E-state index contributed by atoms with van der Waals surface area (Å²) in [7, 11) is 0. The highest BCUT2D eigenvalue weighted by Gasteiger charge is 2.13. The summed E-state index contributed by atoms with van der Waals surface area (Å²) in [5.41, 5.74) is 8.14. The first-order valence-corrected chi connectivity index (χ1v) is 6.70. The van der Waals surface area contributed by atoms with Gasteiger partial charge < -0.3 is 10.5 Å². The molecule has 2 rings (SSSR count). The third-order valence-corrected chi connectivity index (χ3v) is 3.44. The summed E-state index contributed by atoms with van der Waals surface area (Å²) in [6.45, 7) is 2.04. The molecule has 0 aliphatic rings. The summed E-state index contributed by atoms with van der Waals surface area (Å²) < 4.78 is 5.21. The maximum Gasteiger partial charge on any atom is 0.339 e. The van der Waals surface area contributed by atoms with Crippen molar-refractivity contribution >= 4 is 34.9 Å². The minimum absolute atomic E-state index is 0.0959. The zero-order valence-corrected chi connectivity index (χ0v) is 12.3.